The van der Waals surface area contributed by atoms with Crippen LogP contribution in [0.1, 0.15) is 30.0 Å². The van der Waals surface area contributed by atoms with Crippen molar-refractivity contribution in [3.8, 4) is 11.5 Å². The molecule has 0 aliphatic carbocycles. The minimum Gasteiger partial charge on any atom is -0.487 e. The van der Waals surface area contributed by atoms with Crippen molar-refractivity contribution in [2.24, 2.45) is 0 Å². The lowest BCUT2D eigenvalue weighted by atomic mass is 10.1. The minimum absolute atomic E-state index is 0.0225. The molecule has 128 valence electrons. The molecule has 0 radical (unpaired) electrons. The second-order valence-electron chi connectivity index (χ2n) is 5.20. The average molecular weight is 353 g/mol. The summed E-state index contributed by atoms with van der Waals surface area (Å²) in [5.74, 6) is -0.342. The Morgan fingerprint density at radius 2 is 2.04 bits per heavy atom. The van der Waals surface area contributed by atoms with Crippen molar-refractivity contribution < 1.29 is 23.8 Å². The first-order chi connectivity index (χ1) is 11.5. The van der Waals surface area contributed by atoms with Gasteiger partial charge in [0.25, 0.3) is 0 Å². The van der Waals surface area contributed by atoms with Crippen LogP contribution in [0.15, 0.2) is 30.3 Å². The Balaban J connectivity index is 2.28. The van der Waals surface area contributed by atoms with E-state index < -0.39 is 11.8 Å². The molecule has 0 bridgehead atoms. The number of carbonyl (C=O) groups is 1. The van der Waals surface area contributed by atoms with Gasteiger partial charge in [-0.3, -0.25) is 4.79 Å². The van der Waals surface area contributed by atoms with E-state index in [2.05, 4.69) is 0 Å². The zero-order valence-electron chi connectivity index (χ0n) is 13.4. The lowest BCUT2D eigenvalue weighted by Gasteiger charge is -2.15. The monoisotopic (exact) mass is 352 g/mol. The third kappa shape index (κ3) is 4.24. The van der Waals surface area contributed by atoms with Gasteiger partial charge in [0.05, 0.1) is 11.6 Å². The molecule has 0 aliphatic rings. The number of benzene rings is 2. The predicted octanol–water partition coefficient (Wildman–Crippen LogP) is 4.17. The van der Waals surface area contributed by atoms with E-state index in [1.54, 1.807) is 32.0 Å². The van der Waals surface area contributed by atoms with Crippen molar-refractivity contribution in [2.45, 2.75) is 33.5 Å². The number of rotatable bonds is 6. The molecule has 0 atom stereocenters. The van der Waals surface area contributed by atoms with Crippen LogP contribution >= 0.6 is 11.6 Å². The number of aliphatic hydroxyl groups is 1. The zero-order valence-corrected chi connectivity index (χ0v) is 14.2. The molecule has 0 saturated carbocycles. The number of aryl methyl sites for hydroxylation is 1. The van der Waals surface area contributed by atoms with E-state index in [-0.39, 0.29) is 30.4 Å². The number of esters is 1. The maximum Gasteiger partial charge on any atom is 0.310 e. The molecule has 0 saturated heterocycles. The maximum absolute atomic E-state index is 13.7. The summed E-state index contributed by atoms with van der Waals surface area (Å²) in [5.41, 5.74) is 1.49. The van der Waals surface area contributed by atoms with E-state index in [9.17, 15) is 14.3 Å². The molecule has 6 heteroatoms. The van der Waals surface area contributed by atoms with Gasteiger partial charge < -0.3 is 14.6 Å². The fraction of sp³-hybridized carbons (Fsp3) is 0.278. The number of hydrogen-bond donors (Lipinski definition) is 1. The molecule has 2 aromatic rings. The van der Waals surface area contributed by atoms with E-state index in [0.29, 0.717) is 22.4 Å². The van der Waals surface area contributed by atoms with Crippen molar-refractivity contribution in [3.63, 3.8) is 0 Å². The van der Waals surface area contributed by atoms with Crippen LogP contribution in [0, 0.1) is 12.7 Å². The number of carbonyl (C=O) groups excluding carboxylic acids is 1. The molecule has 0 amide bonds. The number of ether oxygens (including phenoxy) is 2. The third-order valence-corrected chi connectivity index (χ3v) is 3.79. The summed E-state index contributed by atoms with van der Waals surface area (Å²) in [6, 6.07) is 7.66. The Morgan fingerprint density at radius 1 is 1.29 bits per heavy atom. The summed E-state index contributed by atoms with van der Waals surface area (Å²) < 4.78 is 24.5. The standard InChI is InChI=1S/C18H18ClFO4/c1-3-18(22)24-16-6-4-5-12(9-21)13(16)10-23-17-8-15(20)11(2)7-14(17)19/h4-8,21H,3,9-10H2,1-2H3. The molecule has 24 heavy (non-hydrogen) atoms. The van der Waals surface area contributed by atoms with Crippen LogP contribution in [-0.4, -0.2) is 11.1 Å². The van der Waals surface area contributed by atoms with Crippen LogP contribution < -0.4 is 9.47 Å². The SMILES string of the molecule is CCC(=O)Oc1cccc(CO)c1COc1cc(F)c(C)cc1Cl. The predicted molar refractivity (Wildman–Crippen MR) is 88.8 cm³/mol. The first-order valence-electron chi connectivity index (χ1n) is 7.47. The Labute approximate surface area is 144 Å². The van der Waals surface area contributed by atoms with Crippen LogP contribution in [-0.2, 0) is 18.0 Å². The van der Waals surface area contributed by atoms with Gasteiger partial charge in [-0.25, -0.2) is 4.39 Å². The number of halogens is 2. The summed E-state index contributed by atoms with van der Waals surface area (Å²) in [6.07, 6.45) is 0.221. The second kappa shape index (κ2) is 8.13. The lowest BCUT2D eigenvalue weighted by Crippen LogP contribution is -2.10. The van der Waals surface area contributed by atoms with Crippen LogP contribution in [0.25, 0.3) is 0 Å². The van der Waals surface area contributed by atoms with Crippen molar-refractivity contribution in [1.82, 2.24) is 0 Å². The van der Waals surface area contributed by atoms with E-state index in [0.717, 1.165) is 0 Å². The molecule has 2 rings (SSSR count). The molecule has 0 heterocycles. The Bertz CT molecular complexity index is 746. The van der Waals surface area contributed by atoms with E-state index >= 15 is 0 Å². The maximum atomic E-state index is 13.7. The van der Waals surface area contributed by atoms with Gasteiger partial charge in [0.1, 0.15) is 23.9 Å². The quantitative estimate of drug-likeness (QED) is 0.626. The Hall–Kier alpha value is -2.11. The highest BCUT2D eigenvalue weighted by molar-refractivity contribution is 6.32. The average Bonchev–Trinajstić information content (AvgIpc) is 2.57. The third-order valence-electron chi connectivity index (χ3n) is 3.50. The number of aliphatic hydroxyl groups excluding tert-OH is 1. The minimum atomic E-state index is -0.428. The largest absolute Gasteiger partial charge is 0.487 e. The molecule has 0 aliphatic heterocycles. The van der Waals surface area contributed by atoms with Crippen LogP contribution in [0.5, 0.6) is 11.5 Å². The second-order valence-corrected chi connectivity index (χ2v) is 5.61. The molecular formula is C18H18ClFO4. The summed E-state index contributed by atoms with van der Waals surface area (Å²) in [6.45, 7) is 3.02. The van der Waals surface area contributed by atoms with Crippen molar-refractivity contribution in [3.05, 3.63) is 57.9 Å². The fourth-order valence-corrected chi connectivity index (χ4v) is 2.37. The lowest BCUT2D eigenvalue weighted by molar-refractivity contribution is -0.134. The summed E-state index contributed by atoms with van der Waals surface area (Å²) in [7, 11) is 0. The van der Waals surface area contributed by atoms with E-state index in [1.807, 2.05) is 0 Å². The molecular weight excluding hydrogens is 335 g/mol. The first-order valence-corrected chi connectivity index (χ1v) is 7.84. The van der Waals surface area contributed by atoms with Crippen LogP contribution in [0.2, 0.25) is 5.02 Å². The van der Waals surface area contributed by atoms with Gasteiger partial charge in [0, 0.05) is 18.1 Å². The van der Waals surface area contributed by atoms with Gasteiger partial charge in [-0.15, -0.1) is 0 Å². The van der Waals surface area contributed by atoms with E-state index in [1.165, 1.54) is 12.1 Å². The molecule has 0 fully saturated rings. The molecule has 4 nitrogen and oxygen atoms in total. The number of hydrogen-bond acceptors (Lipinski definition) is 4. The molecule has 1 N–H and O–H groups in total. The normalized spacial score (nSPS) is 10.5. The highest BCUT2D eigenvalue weighted by atomic mass is 35.5. The van der Waals surface area contributed by atoms with Gasteiger partial charge in [-0.1, -0.05) is 30.7 Å². The van der Waals surface area contributed by atoms with E-state index in [4.69, 9.17) is 21.1 Å². The van der Waals surface area contributed by atoms with Gasteiger partial charge in [0.15, 0.2) is 0 Å². The highest BCUT2D eigenvalue weighted by Gasteiger charge is 2.14. The van der Waals surface area contributed by atoms with Crippen molar-refractivity contribution >= 4 is 17.6 Å². The van der Waals surface area contributed by atoms with Gasteiger partial charge in [-0.2, -0.15) is 0 Å². The smallest absolute Gasteiger partial charge is 0.310 e. The van der Waals surface area contributed by atoms with Gasteiger partial charge in [-0.05, 0) is 30.2 Å². The highest BCUT2D eigenvalue weighted by Crippen LogP contribution is 2.30. The molecule has 2 aromatic carbocycles. The molecule has 0 spiro atoms. The van der Waals surface area contributed by atoms with Crippen LogP contribution in [0.3, 0.4) is 0 Å². The summed E-state index contributed by atoms with van der Waals surface area (Å²) in [5, 5.41) is 9.76. The summed E-state index contributed by atoms with van der Waals surface area (Å²) in [4.78, 5) is 11.5. The van der Waals surface area contributed by atoms with Crippen molar-refractivity contribution in [2.75, 3.05) is 0 Å². The van der Waals surface area contributed by atoms with Gasteiger partial charge in [0.2, 0.25) is 0 Å². The van der Waals surface area contributed by atoms with Crippen LogP contribution in [0.4, 0.5) is 4.39 Å². The Kier molecular flexibility index (Phi) is 6.17. The fourth-order valence-electron chi connectivity index (χ4n) is 2.10. The Morgan fingerprint density at radius 3 is 2.71 bits per heavy atom. The molecule has 0 aromatic heterocycles. The summed E-state index contributed by atoms with van der Waals surface area (Å²) >= 11 is 6.06. The van der Waals surface area contributed by atoms with Gasteiger partial charge >= 0.3 is 5.97 Å². The first kappa shape index (κ1) is 18.2. The topological polar surface area (TPSA) is 55.8 Å². The zero-order chi connectivity index (χ0) is 17.7. The molecule has 0 unspecified atom stereocenters. The van der Waals surface area contributed by atoms with Crippen molar-refractivity contribution in [1.29, 1.82) is 0 Å².